The maximum absolute atomic E-state index is 15.4. The van der Waals surface area contributed by atoms with Gasteiger partial charge in [0.05, 0.1) is 66.4 Å². The van der Waals surface area contributed by atoms with Crippen LogP contribution in [-0.4, -0.2) is 18.3 Å². The third-order valence-electron chi connectivity index (χ3n) is 15.2. The Bertz CT molecular complexity index is 4910. The van der Waals surface area contributed by atoms with E-state index in [4.69, 9.17) is 8.83 Å². The molecule has 0 unspecified atom stereocenters. The van der Waals surface area contributed by atoms with Crippen LogP contribution in [0.15, 0.2) is 198 Å². The first-order chi connectivity index (χ1) is 35.2. The molecule has 6 heterocycles. The third-order valence-corrected chi connectivity index (χ3v) is 15.2. The summed E-state index contributed by atoms with van der Waals surface area (Å²) >= 11 is 0. The second-order valence-corrected chi connectivity index (χ2v) is 19.2. The first-order valence-corrected chi connectivity index (χ1v) is 23.8. The fraction of sp³-hybridized carbons (Fsp3) is 0.0323. The van der Waals surface area contributed by atoms with Crippen LogP contribution < -0.4 is 22.2 Å². The van der Waals surface area contributed by atoms with Crippen molar-refractivity contribution in [1.29, 1.82) is 0 Å². The average molecular weight is 931 g/mol. The van der Waals surface area contributed by atoms with Gasteiger partial charge in [0.25, 0.3) is 22.2 Å². The van der Waals surface area contributed by atoms with E-state index < -0.39 is 22.2 Å². The summed E-state index contributed by atoms with van der Waals surface area (Å²) in [6, 6.07) is 54.4. The van der Waals surface area contributed by atoms with Gasteiger partial charge in [0, 0.05) is 53.9 Å². The highest BCUT2D eigenvalue weighted by Gasteiger charge is 2.32. The van der Waals surface area contributed by atoms with Crippen molar-refractivity contribution >= 4 is 120 Å². The Labute approximate surface area is 404 Å². The van der Waals surface area contributed by atoms with Crippen LogP contribution in [0.25, 0.3) is 143 Å². The summed E-state index contributed by atoms with van der Waals surface area (Å²) in [6.45, 7) is 3.86. The molecule has 0 amide bonds. The lowest BCUT2D eigenvalue weighted by molar-refractivity contribution is 0.651. The van der Waals surface area contributed by atoms with Gasteiger partial charge in [-0.2, -0.15) is 0 Å². The van der Waals surface area contributed by atoms with E-state index in [0.29, 0.717) is 88.2 Å². The summed E-state index contributed by atoms with van der Waals surface area (Å²) in [5.41, 5.74) is 6.88. The normalized spacial score (nSPS) is 12.5. The lowest BCUT2D eigenvalue weighted by atomic mass is 9.90. The summed E-state index contributed by atoms with van der Waals surface area (Å²) in [5.74, 6) is 0. The number of aromatic nitrogens is 4. The van der Waals surface area contributed by atoms with Gasteiger partial charge in [-0.1, -0.05) is 97.1 Å². The van der Waals surface area contributed by atoms with Gasteiger partial charge in [-0.3, -0.25) is 19.2 Å². The number of hydrogen-bond acceptors (Lipinski definition) is 6. The molecule has 0 aliphatic heterocycles. The van der Waals surface area contributed by atoms with Crippen LogP contribution in [0.5, 0.6) is 0 Å². The van der Waals surface area contributed by atoms with E-state index in [1.54, 1.807) is 24.3 Å². The molecule has 0 aliphatic carbocycles. The van der Waals surface area contributed by atoms with Crippen LogP contribution in [0.2, 0.25) is 0 Å². The van der Waals surface area contributed by atoms with Crippen molar-refractivity contribution in [3.05, 3.63) is 222 Å². The van der Waals surface area contributed by atoms with Crippen LogP contribution >= 0.6 is 0 Å². The Morgan fingerprint density at radius 2 is 0.639 bits per heavy atom. The van der Waals surface area contributed by atoms with Gasteiger partial charge in [0.15, 0.2) is 11.2 Å². The Morgan fingerprint density at radius 3 is 0.986 bits per heavy atom. The summed E-state index contributed by atoms with van der Waals surface area (Å²) < 4.78 is 21.6. The topological polar surface area (TPSA) is 114 Å². The Kier molecular flexibility index (Phi) is 7.33. The van der Waals surface area contributed by atoms with Crippen molar-refractivity contribution in [2.45, 2.75) is 13.8 Å². The van der Waals surface area contributed by atoms with Crippen LogP contribution in [0.3, 0.4) is 0 Å². The standard InChI is InChI=1S/C62H34N4O6/c1-31-13-11-15-33(25-31)63-59(67)39-27-47(65-43-21-7-3-17-35(43)36-18-4-8-22-44(36)65)57-55-51(39)41(61(63)69)29-49-53(55)54-50(72-57)30-42-52-40(60(68)64(62(42)70)34-16-12-14-32(2)26-34)28-48(58(71-49)56(52)54)66-45-23-9-5-19-37(45)38-20-6-10-24-46(38)66/h3-30H,1-2H3. The van der Waals surface area contributed by atoms with Gasteiger partial charge < -0.3 is 18.0 Å². The van der Waals surface area contributed by atoms with Gasteiger partial charge >= 0.3 is 0 Å². The van der Waals surface area contributed by atoms with E-state index in [-0.39, 0.29) is 10.8 Å². The second kappa shape index (κ2) is 13.5. The Balaban J connectivity index is 1.19. The largest absolute Gasteiger partial charge is 0.454 e. The molecule has 0 N–H and O–H groups in total. The minimum atomic E-state index is -0.503. The maximum Gasteiger partial charge on any atom is 0.266 e. The minimum Gasteiger partial charge on any atom is -0.454 e. The Morgan fingerprint density at radius 1 is 0.306 bits per heavy atom. The van der Waals surface area contributed by atoms with E-state index in [9.17, 15) is 0 Å². The molecule has 0 radical (unpaired) electrons. The molecule has 0 bridgehead atoms. The predicted molar refractivity (Wildman–Crippen MR) is 289 cm³/mol. The molecule has 16 rings (SSSR count). The highest BCUT2D eigenvalue weighted by Crippen LogP contribution is 2.50. The van der Waals surface area contributed by atoms with Gasteiger partial charge in [-0.25, -0.2) is 9.13 Å². The van der Waals surface area contributed by atoms with Crippen molar-refractivity contribution < 1.29 is 8.83 Å². The molecule has 0 aliphatic rings. The van der Waals surface area contributed by atoms with Crippen molar-refractivity contribution in [2.75, 3.05) is 0 Å². The highest BCUT2D eigenvalue weighted by atomic mass is 16.3. The monoisotopic (exact) mass is 930 g/mol. The molecule has 10 heteroatoms. The van der Waals surface area contributed by atoms with Crippen LogP contribution in [0.1, 0.15) is 11.1 Å². The molecular formula is C62H34N4O6. The summed E-state index contributed by atoms with van der Waals surface area (Å²) in [6.07, 6.45) is 0. The number of hydrogen-bond donors (Lipinski definition) is 0. The average Bonchev–Trinajstić information content (AvgIpc) is 3.91. The fourth-order valence-corrected chi connectivity index (χ4v) is 12.3. The second-order valence-electron chi connectivity index (χ2n) is 19.2. The molecule has 0 spiro atoms. The quantitative estimate of drug-likeness (QED) is 0.128. The molecule has 338 valence electrons. The molecule has 0 saturated carbocycles. The van der Waals surface area contributed by atoms with Gasteiger partial charge in [0.1, 0.15) is 11.2 Å². The van der Waals surface area contributed by atoms with Crippen molar-refractivity contribution in [2.24, 2.45) is 0 Å². The molecule has 0 fully saturated rings. The molecular weight excluding hydrogens is 897 g/mol. The summed E-state index contributed by atoms with van der Waals surface area (Å²) in [7, 11) is 0. The number of fused-ring (bicyclic) bond motifs is 6. The highest BCUT2D eigenvalue weighted by molar-refractivity contribution is 6.40. The van der Waals surface area contributed by atoms with E-state index in [0.717, 1.165) is 54.7 Å². The summed E-state index contributed by atoms with van der Waals surface area (Å²) in [5, 5.41) is 8.31. The van der Waals surface area contributed by atoms with Crippen molar-refractivity contribution in [3.63, 3.8) is 0 Å². The first-order valence-electron chi connectivity index (χ1n) is 23.8. The molecule has 10 nitrogen and oxygen atoms in total. The molecule has 16 aromatic rings. The smallest absolute Gasteiger partial charge is 0.266 e. The maximum atomic E-state index is 15.4. The van der Waals surface area contributed by atoms with Crippen LogP contribution in [-0.2, 0) is 0 Å². The number of nitrogens with zero attached hydrogens (tertiary/aromatic N) is 4. The third kappa shape index (κ3) is 4.78. The number of para-hydroxylation sites is 4. The lowest BCUT2D eigenvalue weighted by Crippen LogP contribution is -2.32. The van der Waals surface area contributed by atoms with Crippen LogP contribution in [0, 0.1) is 13.8 Å². The number of benzene rings is 10. The Hall–Kier alpha value is -9.80. The fourth-order valence-electron chi connectivity index (χ4n) is 12.3. The molecule has 72 heavy (non-hydrogen) atoms. The number of pyridine rings is 2. The zero-order valence-corrected chi connectivity index (χ0v) is 38.4. The van der Waals surface area contributed by atoms with E-state index in [2.05, 4.69) is 33.4 Å². The van der Waals surface area contributed by atoms with Gasteiger partial charge in [-0.05, 0) is 97.8 Å². The van der Waals surface area contributed by atoms with E-state index >= 15 is 19.2 Å². The molecule has 10 aromatic carbocycles. The first kappa shape index (κ1) is 39.1. The minimum absolute atomic E-state index is 0.272. The van der Waals surface area contributed by atoms with Crippen LogP contribution in [0.4, 0.5) is 0 Å². The predicted octanol–water partition coefficient (Wildman–Crippen LogP) is 13.1. The van der Waals surface area contributed by atoms with Crippen molar-refractivity contribution in [1.82, 2.24) is 18.3 Å². The zero-order chi connectivity index (χ0) is 48.0. The van der Waals surface area contributed by atoms with E-state index in [1.165, 1.54) is 9.13 Å². The van der Waals surface area contributed by atoms with E-state index in [1.807, 2.05) is 135 Å². The van der Waals surface area contributed by atoms with Gasteiger partial charge in [-0.15, -0.1) is 0 Å². The molecule has 0 saturated heterocycles. The molecule has 0 atom stereocenters. The summed E-state index contributed by atoms with van der Waals surface area (Å²) in [4.78, 5) is 61.3. The molecule has 6 aromatic heterocycles. The number of rotatable bonds is 4. The lowest BCUT2D eigenvalue weighted by Gasteiger charge is -2.22. The van der Waals surface area contributed by atoms with Crippen molar-refractivity contribution in [3.8, 4) is 22.7 Å². The zero-order valence-electron chi connectivity index (χ0n) is 38.4. The SMILES string of the molecule is Cc1cccc(-n2c(=O)c3cc(-n4c5ccccc5c5ccccc54)c4oc5cc6c(=O)n(-c7cccc(C)c7)c(=O)c7cc(-n8c9ccccc9c9ccccc98)c8oc9cc(c2=O)c3c4c9c5c8c76)c1. The number of aryl methyl sites for hydroxylation is 2. The van der Waals surface area contributed by atoms with Gasteiger partial charge in [0.2, 0.25) is 0 Å².